The number of rotatable bonds is 6. The van der Waals surface area contributed by atoms with Crippen LogP contribution in [0.5, 0.6) is 0 Å². The number of nitrogens with one attached hydrogen (secondary N) is 2. The number of aliphatic hydroxyl groups is 1. The number of amides is 2. The van der Waals surface area contributed by atoms with E-state index in [0.29, 0.717) is 12.1 Å². The van der Waals surface area contributed by atoms with Crippen LogP contribution in [-0.2, 0) is 9.59 Å². The van der Waals surface area contributed by atoms with Crippen LogP contribution in [0.25, 0.3) is 0 Å². The molecule has 5 nitrogen and oxygen atoms in total. The molecule has 0 saturated carbocycles. The van der Waals surface area contributed by atoms with Gasteiger partial charge in [0.15, 0.2) is 0 Å². The monoisotopic (exact) mass is 344 g/mol. The second kappa shape index (κ2) is 9.10. The summed E-state index contributed by atoms with van der Waals surface area (Å²) in [5.41, 5.74) is 1.39. The van der Waals surface area contributed by atoms with Gasteiger partial charge in [-0.2, -0.15) is 0 Å². The molecule has 0 aromatic heterocycles. The number of hydrogen-bond donors (Lipinski definition) is 3. The van der Waals surface area contributed by atoms with E-state index in [2.05, 4.69) is 10.6 Å². The standard InChI is InChI=1S/C18H20N2O3S/c1-24-16-10-6-5-9-14(16)20-18(23)17(22)19-12-11-15(21)13-7-3-2-4-8-13/h2-10,15,21H,11-12H2,1H3,(H,19,22)(H,20,23)/t15-/m1/s1. The van der Waals surface area contributed by atoms with Gasteiger partial charge in [0.1, 0.15) is 0 Å². The average molecular weight is 344 g/mol. The average Bonchev–Trinajstić information content (AvgIpc) is 2.62. The molecule has 2 amide bonds. The Morgan fingerprint density at radius 2 is 1.71 bits per heavy atom. The number of benzene rings is 2. The van der Waals surface area contributed by atoms with Gasteiger partial charge in [-0.1, -0.05) is 42.5 Å². The van der Waals surface area contributed by atoms with Crippen LogP contribution in [-0.4, -0.2) is 29.7 Å². The zero-order chi connectivity index (χ0) is 17.4. The highest BCUT2D eigenvalue weighted by atomic mass is 32.2. The molecule has 0 unspecified atom stereocenters. The summed E-state index contributed by atoms with van der Waals surface area (Å²) in [5.74, 6) is -1.43. The van der Waals surface area contributed by atoms with E-state index in [0.717, 1.165) is 10.5 Å². The molecule has 0 spiro atoms. The summed E-state index contributed by atoms with van der Waals surface area (Å²) >= 11 is 1.49. The van der Waals surface area contributed by atoms with Crippen LogP contribution < -0.4 is 10.6 Å². The van der Waals surface area contributed by atoms with Gasteiger partial charge in [-0.05, 0) is 30.4 Å². The normalized spacial score (nSPS) is 11.6. The third-order valence-electron chi connectivity index (χ3n) is 3.45. The Labute approximate surface area is 145 Å². The Bertz CT molecular complexity index is 692. The Balaban J connectivity index is 1.81. The number of thioether (sulfide) groups is 1. The summed E-state index contributed by atoms with van der Waals surface area (Å²) in [4.78, 5) is 24.7. The van der Waals surface area contributed by atoms with Crippen molar-refractivity contribution in [3.8, 4) is 0 Å². The van der Waals surface area contributed by atoms with Crippen LogP contribution in [0.1, 0.15) is 18.1 Å². The van der Waals surface area contributed by atoms with Crippen molar-refractivity contribution in [2.45, 2.75) is 17.4 Å². The molecule has 0 radical (unpaired) electrons. The van der Waals surface area contributed by atoms with E-state index < -0.39 is 17.9 Å². The third kappa shape index (κ3) is 5.11. The lowest BCUT2D eigenvalue weighted by molar-refractivity contribution is -0.136. The summed E-state index contributed by atoms with van der Waals surface area (Å²) in [6.07, 6.45) is 1.56. The van der Waals surface area contributed by atoms with E-state index in [1.807, 2.05) is 48.7 Å². The molecule has 0 saturated heterocycles. The minimum atomic E-state index is -0.717. The molecule has 0 aliphatic carbocycles. The molecule has 0 fully saturated rings. The number of carbonyl (C=O) groups excluding carboxylic acids is 2. The highest BCUT2D eigenvalue weighted by Gasteiger charge is 2.15. The van der Waals surface area contributed by atoms with Gasteiger partial charge in [-0.3, -0.25) is 9.59 Å². The number of para-hydroxylation sites is 1. The van der Waals surface area contributed by atoms with E-state index in [9.17, 15) is 14.7 Å². The van der Waals surface area contributed by atoms with Crippen LogP contribution >= 0.6 is 11.8 Å². The lowest BCUT2D eigenvalue weighted by Gasteiger charge is -2.12. The van der Waals surface area contributed by atoms with Gasteiger partial charge in [0.2, 0.25) is 0 Å². The molecular weight excluding hydrogens is 324 g/mol. The van der Waals surface area contributed by atoms with Crippen molar-refractivity contribution >= 4 is 29.3 Å². The lowest BCUT2D eigenvalue weighted by Crippen LogP contribution is -2.36. The van der Waals surface area contributed by atoms with Crippen molar-refractivity contribution in [1.82, 2.24) is 5.32 Å². The summed E-state index contributed by atoms with van der Waals surface area (Å²) < 4.78 is 0. The summed E-state index contributed by atoms with van der Waals surface area (Å²) in [5, 5.41) is 15.1. The summed E-state index contributed by atoms with van der Waals surface area (Å²) in [6.45, 7) is 0.215. The zero-order valence-corrected chi connectivity index (χ0v) is 14.2. The molecule has 24 heavy (non-hydrogen) atoms. The Morgan fingerprint density at radius 1 is 1.04 bits per heavy atom. The van der Waals surface area contributed by atoms with Crippen molar-refractivity contribution < 1.29 is 14.7 Å². The van der Waals surface area contributed by atoms with Crippen LogP contribution in [0.15, 0.2) is 59.5 Å². The first-order valence-corrected chi connectivity index (χ1v) is 8.79. The van der Waals surface area contributed by atoms with Gasteiger partial charge < -0.3 is 15.7 Å². The van der Waals surface area contributed by atoms with E-state index in [4.69, 9.17) is 0 Å². The predicted molar refractivity (Wildman–Crippen MR) is 95.9 cm³/mol. The largest absolute Gasteiger partial charge is 0.388 e. The number of aliphatic hydroxyl groups excluding tert-OH is 1. The van der Waals surface area contributed by atoms with E-state index >= 15 is 0 Å². The second-order valence-electron chi connectivity index (χ2n) is 5.13. The molecule has 0 heterocycles. The van der Waals surface area contributed by atoms with Crippen molar-refractivity contribution in [3.63, 3.8) is 0 Å². The maximum Gasteiger partial charge on any atom is 0.313 e. The fourth-order valence-corrected chi connectivity index (χ4v) is 2.73. The van der Waals surface area contributed by atoms with Gasteiger partial charge in [0.25, 0.3) is 0 Å². The van der Waals surface area contributed by atoms with E-state index in [-0.39, 0.29) is 6.54 Å². The molecule has 126 valence electrons. The predicted octanol–water partition coefficient (Wildman–Crippen LogP) is 2.59. The first kappa shape index (κ1) is 18.0. The minimum Gasteiger partial charge on any atom is -0.388 e. The highest BCUT2D eigenvalue weighted by molar-refractivity contribution is 7.98. The fraction of sp³-hybridized carbons (Fsp3) is 0.222. The van der Waals surface area contributed by atoms with Gasteiger partial charge in [0.05, 0.1) is 11.8 Å². The van der Waals surface area contributed by atoms with Gasteiger partial charge in [-0.25, -0.2) is 0 Å². The molecule has 1 atom stereocenters. The molecule has 2 aromatic carbocycles. The molecule has 0 bridgehead atoms. The minimum absolute atomic E-state index is 0.215. The quantitative estimate of drug-likeness (QED) is 0.556. The maximum atomic E-state index is 11.9. The topological polar surface area (TPSA) is 78.4 Å². The van der Waals surface area contributed by atoms with Crippen molar-refractivity contribution in [1.29, 1.82) is 0 Å². The number of anilines is 1. The molecular formula is C18H20N2O3S. The SMILES string of the molecule is CSc1ccccc1NC(=O)C(=O)NCC[C@@H](O)c1ccccc1. The molecule has 3 N–H and O–H groups in total. The molecule has 0 aliphatic heterocycles. The maximum absolute atomic E-state index is 11.9. The molecule has 2 rings (SSSR count). The van der Waals surface area contributed by atoms with Crippen molar-refractivity contribution in [3.05, 3.63) is 60.2 Å². The smallest absolute Gasteiger partial charge is 0.313 e. The van der Waals surface area contributed by atoms with E-state index in [1.54, 1.807) is 12.1 Å². The lowest BCUT2D eigenvalue weighted by atomic mass is 10.1. The fourth-order valence-electron chi connectivity index (χ4n) is 2.17. The second-order valence-corrected chi connectivity index (χ2v) is 5.97. The van der Waals surface area contributed by atoms with Gasteiger partial charge in [-0.15, -0.1) is 11.8 Å². The number of hydrogen-bond acceptors (Lipinski definition) is 4. The Kier molecular flexibility index (Phi) is 6.84. The Morgan fingerprint density at radius 3 is 2.42 bits per heavy atom. The summed E-state index contributed by atoms with van der Waals surface area (Å²) in [6, 6.07) is 16.5. The molecule has 6 heteroatoms. The zero-order valence-electron chi connectivity index (χ0n) is 13.4. The van der Waals surface area contributed by atoms with Crippen LogP contribution in [0, 0.1) is 0 Å². The number of carbonyl (C=O) groups is 2. The summed E-state index contributed by atoms with van der Waals surface area (Å²) in [7, 11) is 0. The van der Waals surface area contributed by atoms with Crippen molar-refractivity contribution in [2.75, 3.05) is 18.1 Å². The molecule has 0 aliphatic rings. The van der Waals surface area contributed by atoms with Crippen molar-refractivity contribution in [2.24, 2.45) is 0 Å². The molecule has 2 aromatic rings. The van der Waals surface area contributed by atoms with Gasteiger partial charge >= 0.3 is 11.8 Å². The van der Waals surface area contributed by atoms with E-state index in [1.165, 1.54) is 11.8 Å². The van der Waals surface area contributed by atoms with Crippen LogP contribution in [0.4, 0.5) is 5.69 Å². The van der Waals surface area contributed by atoms with Crippen LogP contribution in [0.2, 0.25) is 0 Å². The highest BCUT2D eigenvalue weighted by Crippen LogP contribution is 2.24. The van der Waals surface area contributed by atoms with Gasteiger partial charge in [0, 0.05) is 11.4 Å². The van der Waals surface area contributed by atoms with Crippen LogP contribution in [0.3, 0.4) is 0 Å². The Hall–Kier alpha value is -2.31. The third-order valence-corrected chi connectivity index (χ3v) is 4.24. The first-order valence-electron chi connectivity index (χ1n) is 7.57. The first-order chi connectivity index (χ1) is 11.6.